The lowest BCUT2D eigenvalue weighted by molar-refractivity contribution is -0.127. The van der Waals surface area contributed by atoms with E-state index < -0.39 is 0 Å². The van der Waals surface area contributed by atoms with Crippen LogP contribution in [0.3, 0.4) is 0 Å². The number of thioether (sulfide) groups is 1. The molecule has 0 atom stereocenters. The Morgan fingerprint density at radius 1 is 1.33 bits per heavy atom. The smallest absolute Gasteiger partial charge is 0.233 e. The van der Waals surface area contributed by atoms with E-state index in [1.165, 1.54) is 23.9 Å². The second-order valence-electron chi connectivity index (χ2n) is 5.88. The van der Waals surface area contributed by atoms with Crippen LogP contribution in [0, 0.1) is 5.82 Å². The summed E-state index contributed by atoms with van der Waals surface area (Å²) in [5, 5.41) is 13.1. The summed E-state index contributed by atoms with van der Waals surface area (Å²) in [7, 11) is 1.79. The summed E-state index contributed by atoms with van der Waals surface area (Å²) in [6, 6.07) is 8.10. The molecule has 0 aliphatic rings. The summed E-state index contributed by atoms with van der Waals surface area (Å²) in [5.74, 6) is 0.598. The number of hydrogen-bond donors (Lipinski definition) is 0. The molecule has 0 saturated heterocycles. The van der Waals surface area contributed by atoms with Crippen molar-refractivity contribution in [3.8, 4) is 11.4 Å². The third kappa shape index (κ3) is 4.84. The van der Waals surface area contributed by atoms with Gasteiger partial charge in [-0.25, -0.2) is 4.39 Å². The molecule has 1 aromatic carbocycles. The van der Waals surface area contributed by atoms with Crippen molar-refractivity contribution in [3.63, 3.8) is 0 Å². The predicted octanol–water partition coefficient (Wildman–Crippen LogP) is 4.08. The standard InChI is InChI=1S/C19H19FN4OS2/c1-3-9-24-18(15-4-6-16(20)7-5-15)21-22-19(24)27-13-17(25)23(2)11-14-8-10-26-12-14/h3-8,10,12H,1,9,11,13H2,2H3. The number of amides is 1. The van der Waals surface area contributed by atoms with Crippen molar-refractivity contribution >= 4 is 29.0 Å². The van der Waals surface area contributed by atoms with Crippen molar-refractivity contribution in [3.05, 3.63) is 65.1 Å². The lowest BCUT2D eigenvalue weighted by Crippen LogP contribution is -2.27. The summed E-state index contributed by atoms with van der Waals surface area (Å²) in [5.41, 5.74) is 1.88. The third-order valence-corrected chi connectivity index (χ3v) is 5.56. The van der Waals surface area contributed by atoms with E-state index in [0.717, 1.165) is 11.1 Å². The Labute approximate surface area is 165 Å². The van der Waals surface area contributed by atoms with Crippen LogP contribution in [0.1, 0.15) is 5.56 Å². The zero-order chi connectivity index (χ0) is 19.2. The molecule has 0 bridgehead atoms. The first-order valence-electron chi connectivity index (χ1n) is 8.26. The van der Waals surface area contributed by atoms with Gasteiger partial charge in [-0.3, -0.25) is 9.36 Å². The van der Waals surface area contributed by atoms with E-state index in [0.29, 0.717) is 24.1 Å². The minimum atomic E-state index is -0.303. The topological polar surface area (TPSA) is 51.0 Å². The van der Waals surface area contributed by atoms with Crippen molar-refractivity contribution in [2.75, 3.05) is 12.8 Å². The third-order valence-electron chi connectivity index (χ3n) is 3.88. The first kappa shape index (κ1) is 19.3. The SMILES string of the molecule is C=CCn1c(SCC(=O)N(C)Cc2ccsc2)nnc1-c1ccc(F)cc1. The second kappa shape index (κ2) is 8.96. The van der Waals surface area contributed by atoms with E-state index in [4.69, 9.17) is 0 Å². The van der Waals surface area contributed by atoms with Crippen LogP contribution in [0.25, 0.3) is 11.4 Å². The molecule has 2 aromatic heterocycles. The molecule has 0 aliphatic carbocycles. The summed E-state index contributed by atoms with van der Waals surface area (Å²) in [4.78, 5) is 14.1. The van der Waals surface area contributed by atoms with Gasteiger partial charge in [0.15, 0.2) is 11.0 Å². The maximum atomic E-state index is 13.2. The van der Waals surface area contributed by atoms with Crippen LogP contribution in [0.15, 0.2) is 58.9 Å². The van der Waals surface area contributed by atoms with Crippen LogP contribution < -0.4 is 0 Å². The van der Waals surface area contributed by atoms with Crippen LogP contribution >= 0.6 is 23.1 Å². The quantitative estimate of drug-likeness (QED) is 0.421. The van der Waals surface area contributed by atoms with Gasteiger partial charge in [0.2, 0.25) is 5.91 Å². The van der Waals surface area contributed by atoms with E-state index in [2.05, 4.69) is 16.8 Å². The van der Waals surface area contributed by atoms with E-state index in [-0.39, 0.29) is 17.5 Å². The summed E-state index contributed by atoms with van der Waals surface area (Å²) >= 11 is 2.95. The molecule has 0 radical (unpaired) electrons. The molecule has 2 heterocycles. The normalized spacial score (nSPS) is 10.7. The number of rotatable bonds is 8. The Balaban J connectivity index is 1.70. The Hall–Kier alpha value is -2.45. The largest absolute Gasteiger partial charge is 0.341 e. The van der Waals surface area contributed by atoms with Gasteiger partial charge in [-0.05, 0) is 46.7 Å². The van der Waals surface area contributed by atoms with Crippen LogP contribution in [-0.4, -0.2) is 38.4 Å². The zero-order valence-electron chi connectivity index (χ0n) is 14.8. The van der Waals surface area contributed by atoms with Crippen LogP contribution in [0.2, 0.25) is 0 Å². The Morgan fingerprint density at radius 2 is 2.11 bits per heavy atom. The van der Waals surface area contributed by atoms with Crippen LogP contribution in [0.4, 0.5) is 4.39 Å². The second-order valence-corrected chi connectivity index (χ2v) is 7.60. The van der Waals surface area contributed by atoms with Gasteiger partial charge in [0.1, 0.15) is 5.82 Å². The number of benzene rings is 1. The fraction of sp³-hybridized carbons (Fsp3) is 0.211. The molecule has 1 amide bonds. The zero-order valence-corrected chi connectivity index (χ0v) is 16.5. The van der Waals surface area contributed by atoms with Crippen molar-refractivity contribution < 1.29 is 9.18 Å². The Kier molecular flexibility index (Phi) is 6.41. The van der Waals surface area contributed by atoms with Gasteiger partial charge in [-0.1, -0.05) is 17.8 Å². The number of carbonyl (C=O) groups excluding carboxylic acids is 1. The first-order valence-corrected chi connectivity index (χ1v) is 10.2. The Morgan fingerprint density at radius 3 is 2.78 bits per heavy atom. The molecule has 0 unspecified atom stereocenters. The summed E-state index contributed by atoms with van der Waals surface area (Å²) < 4.78 is 15.0. The summed E-state index contributed by atoms with van der Waals surface area (Å²) in [6.45, 7) is 4.86. The minimum absolute atomic E-state index is 0.0164. The number of carbonyl (C=O) groups is 1. The molecule has 3 aromatic rings. The molecule has 140 valence electrons. The van der Waals surface area contributed by atoms with Gasteiger partial charge in [0.25, 0.3) is 0 Å². The molecule has 0 spiro atoms. The fourth-order valence-electron chi connectivity index (χ4n) is 2.48. The maximum Gasteiger partial charge on any atom is 0.233 e. The molecule has 0 fully saturated rings. The molecular weight excluding hydrogens is 383 g/mol. The van der Waals surface area contributed by atoms with E-state index in [9.17, 15) is 9.18 Å². The van der Waals surface area contributed by atoms with Crippen LogP contribution in [-0.2, 0) is 17.9 Å². The van der Waals surface area contributed by atoms with E-state index >= 15 is 0 Å². The number of aromatic nitrogens is 3. The van der Waals surface area contributed by atoms with Crippen molar-refractivity contribution in [1.29, 1.82) is 0 Å². The van der Waals surface area contributed by atoms with Crippen molar-refractivity contribution in [2.24, 2.45) is 0 Å². The number of allylic oxidation sites excluding steroid dienone is 1. The molecule has 27 heavy (non-hydrogen) atoms. The average Bonchev–Trinajstić information content (AvgIpc) is 3.31. The molecule has 0 N–H and O–H groups in total. The van der Waals surface area contributed by atoms with Gasteiger partial charge in [-0.2, -0.15) is 11.3 Å². The lowest BCUT2D eigenvalue weighted by atomic mass is 10.2. The molecular formula is C19H19FN4OS2. The van der Waals surface area contributed by atoms with Gasteiger partial charge in [0.05, 0.1) is 5.75 Å². The van der Waals surface area contributed by atoms with Crippen molar-refractivity contribution in [2.45, 2.75) is 18.2 Å². The predicted molar refractivity (Wildman–Crippen MR) is 107 cm³/mol. The van der Waals surface area contributed by atoms with Crippen molar-refractivity contribution in [1.82, 2.24) is 19.7 Å². The molecule has 0 aliphatic heterocycles. The maximum absolute atomic E-state index is 13.2. The lowest BCUT2D eigenvalue weighted by Gasteiger charge is -2.16. The summed E-state index contributed by atoms with van der Waals surface area (Å²) in [6.07, 6.45) is 1.74. The fourth-order valence-corrected chi connectivity index (χ4v) is 4.03. The van der Waals surface area contributed by atoms with Crippen LogP contribution in [0.5, 0.6) is 0 Å². The van der Waals surface area contributed by atoms with Gasteiger partial charge in [0, 0.05) is 25.7 Å². The highest BCUT2D eigenvalue weighted by Crippen LogP contribution is 2.24. The number of nitrogens with zero attached hydrogens (tertiary/aromatic N) is 4. The van der Waals surface area contributed by atoms with E-state index in [1.807, 2.05) is 21.4 Å². The molecule has 5 nitrogen and oxygen atoms in total. The van der Waals surface area contributed by atoms with Gasteiger partial charge in [-0.15, -0.1) is 16.8 Å². The molecule has 3 rings (SSSR count). The number of halogens is 1. The highest BCUT2D eigenvalue weighted by Gasteiger charge is 2.16. The molecule has 8 heteroatoms. The highest BCUT2D eigenvalue weighted by atomic mass is 32.2. The monoisotopic (exact) mass is 402 g/mol. The first-order chi connectivity index (χ1) is 13.1. The van der Waals surface area contributed by atoms with Gasteiger partial charge < -0.3 is 4.90 Å². The Bertz CT molecular complexity index is 906. The minimum Gasteiger partial charge on any atom is -0.341 e. The van der Waals surface area contributed by atoms with Gasteiger partial charge >= 0.3 is 0 Å². The highest BCUT2D eigenvalue weighted by molar-refractivity contribution is 7.99. The molecule has 0 saturated carbocycles. The van der Waals surface area contributed by atoms with E-state index in [1.54, 1.807) is 41.5 Å². The average molecular weight is 403 g/mol. The number of hydrogen-bond acceptors (Lipinski definition) is 5. The number of thiophene rings is 1.